The predicted molar refractivity (Wildman–Crippen MR) is 90.3 cm³/mol. The molecule has 0 unspecified atom stereocenters. The molecule has 21 heavy (non-hydrogen) atoms. The van der Waals surface area contributed by atoms with Crippen molar-refractivity contribution >= 4 is 38.6 Å². The summed E-state index contributed by atoms with van der Waals surface area (Å²) in [5, 5.41) is 0.847. The molecule has 4 nitrogen and oxygen atoms in total. The summed E-state index contributed by atoms with van der Waals surface area (Å²) in [6.07, 6.45) is 6.58. The van der Waals surface area contributed by atoms with Crippen molar-refractivity contribution in [2.24, 2.45) is 4.99 Å². The minimum atomic E-state index is -3.66. The van der Waals surface area contributed by atoms with Gasteiger partial charge >= 0.3 is 0 Å². The van der Waals surface area contributed by atoms with Crippen molar-refractivity contribution in [2.45, 2.75) is 24.7 Å². The van der Waals surface area contributed by atoms with Gasteiger partial charge in [-0.2, -0.15) is 0 Å². The fraction of sp³-hybridized carbons (Fsp3) is 0.357. The van der Waals surface area contributed by atoms with Gasteiger partial charge in [0, 0.05) is 23.7 Å². The van der Waals surface area contributed by atoms with Crippen LogP contribution in [0.3, 0.4) is 0 Å². The fourth-order valence-electron chi connectivity index (χ4n) is 1.31. The standard InChI is InChI=1S/C14H17ClN2O2S2/c1-3-5-11-20-14(16-10-4-2)17-21(18,19)13-8-6-12(15)7-9-13/h1,6-9H,4-5,10-11H2,2H3,(H,16,17). The van der Waals surface area contributed by atoms with Crippen molar-refractivity contribution < 1.29 is 8.42 Å². The number of halogens is 1. The summed E-state index contributed by atoms with van der Waals surface area (Å²) < 4.78 is 27.0. The van der Waals surface area contributed by atoms with Crippen LogP contribution < -0.4 is 4.72 Å². The van der Waals surface area contributed by atoms with Gasteiger partial charge in [-0.3, -0.25) is 9.71 Å². The second kappa shape index (κ2) is 8.98. The quantitative estimate of drug-likeness (QED) is 0.373. The zero-order chi connectivity index (χ0) is 15.7. The minimum Gasteiger partial charge on any atom is -0.262 e. The predicted octanol–water partition coefficient (Wildman–Crippen LogP) is 3.14. The number of amidine groups is 1. The summed E-state index contributed by atoms with van der Waals surface area (Å²) in [6, 6.07) is 5.97. The molecule has 1 aromatic carbocycles. The minimum absolute atomic E-state index is 0.147. The van der Waals surface area contributed by atoms with Crippen LogP contribution in [0.15, 0.2) is 34.2 Å². The lowest BCUT2D eigenvalue weighted by Gasteiger charge is -2.10. The van der Waals surface area contributed by atoms with Crippen molar-refractivity contribution in [3.63, 3.8) is 0 Å². The summed E-state index contributed by atoms with van der Waals surface area (Å²) in [5.41, 5.74) is 0. The first-order chi connectivity index (χ1) is 9.99. The molecule has 0 aromatic heterocycles. The lowest BCUT2D eigenvalue weighted by Crippen LogP contribution is -2.29. The van der Waals surface area contributed by atoms with Crippen LogP contribution in [0.25, 0.3) is 0 Å². The van der Waals surface area contributed by atoms with Gasteiger partial charge in [0.1, 0.15) is 0 Å². The van der Waals surface area contributed by atoms with Gasteiger partial charge in [-0.05, 0) is 30.7 Å². The Bertz CT molecular complexity index is 619. The van der Waals surface area contributed by atoms with Crippen LogP contribution in [0.1, 0.15) is 19.8 Å². The first kappa shape index (κ1) is 17.9. The third kappa shape index (κ3) is 6.42. The lowest BCUT2D eigenvalue weighted by atomic mass is 10.4. The van der Waals surface area contributed by atoms with Crippen LogP contribution in [0.4, 0.5) is 0 Å². The van der Waals surface area contributed by atoms with E-state index >= 15 is 0 Å². The van der Waals surface area contributed by atoms with Gasteiger partial charge in [0.15, 0.2) is 5.17 Å². The van der Waals surface area contributed by atoms with Gasteiger partial charge in [0.25, 0.3) is 10.0 Å². The molecule has 0 saturated carbocycles. The topological polar surface area (TPSA) is 58.5 Å². The van der Waals surface area contributed by atoms with Crippen molar-refractivity contribution in [3.8, 4) is 12.3 Å². The Hall–Kier alpha value is -1.16. The number of hydrogen-bond donors (Lipinski definition) is 1. The zero-order valence-corrected chi connectivity index (χ0v) is 14.1. The monoisotopic (exact) mass is 344 g/mol. The largest absolute Gasteiger partial charge is 0.263 e. The Morgan fingerprint density at radius 2 is 2.10 bits per heavy atom. The molecule has 1 N–H and O–H groups in total. The molecule has 1 rings (SSSR count). The van der Waals surface area contributed by atoms with E-state index in [1.807, 2.05) is 6.92 Å². The molecule has 0 amide bonds. The molecule has 0 aliphatic heterocycles. The lowest BCUT2D eigenvalue weighted by molar-refractivity contribution is 0.593. The maximum atomic E-state index is 12.3. The van der Waals surface area contributed by atoms with E-state index in [4.69, 9.17) is 18.0 Å². The SMILES string of the molecule is C#CCCSC(=NCCC)NS(=O)(=O)c1ccc(Cl)cc1. The molecule has 7 heteroatoms. The van der Waals surface area contributed by atoms with Gasteiger partial charge in [0.2, 0.25) is 0 Å². The van der Waals surface area contributed by atoms with E-state index < -0.39 is 10.0 Å². The number of sulfonamides is 1. The van der Waals surface area contributed by atoms with E-state index in [2.05, 4.69) is 15.6 Å². The Labute approximate surface area is 135 Å². The van der Waals surface area contributed by atoms with Crippen LogP contribution in [0.5, 0.6) is 0 Å². The van der Waals surface area contributed by atoms with Gasteiger partial charge in [-0.15, -0.1) is 12.3 Å². The van der Waals surface area contributed by atoms with E-state index in [9.17, 15) is 8.42 Å². The van der Waals surface area contributed by atoms with Crippen LogP contribution >= 0.6 is 23.4 Å². The van der Waals surface area contributed by atoms with E-state index in [1.54, 1.807) is 0 Å². The highest BCUT2D eigenvalue weighted by molar-refractivity contribution is 8.14. The number of terminal acetylenes is 1. The van der Waals surface area contributed by atoms with Crippen molar-refractivity contribution in [3.05, 3.63) is 29.3 Å². The van der Waals surface area contributed by atoms with Crippen molar-refractivity contribution in [1.29, 1.82) is 0 Å². The number of nitrogens with zero attached hydrogens (tertiary/aromatic N) is 1. The Morgan fingerprint density at radius 3 is 2.67 bits per heavy atom. The molecule has 114 valence electrons. The first-order valence-corrected chi connectivity index (χ1v) is 9.23. The number of aliphatic imine (C=N–C) groups is 1. The molecule has 0 bridgehead atoms. The first-order valence-electron chi connectivity index (χ1n) is 6.38. The van der Waals surface area contributed by atoms with Crippen molar-refractivity contribution in [1.82, 2.24) is 4.72 Å². The van der Waals surface area contributed by atoms with E-state index in [0.29, 0.717) is 28.9 Å². The maximum Gasteiger partial charge on any atom is 0.263 e. The molecule has 0 atom stereocenters. The van der Waals surface area contributed by atoms with E-state index in [0.717, 1.165) is 6.42 Å². The molecule has 0 spiro atoms. The Kier molecular flexibility index (Phi) is 7.65. The summed E-state index contributed by atoms with van der Waals surface area (Å²) in [4.78, 5) is 4.38. The van der Waals surface area contributed by atoms with Gasteiger partial charge < -0.3 is 0 Å². The smallest absolute Gasteiger partial charge is 0.262 e. The number of benzene rings is 1. The normalized spacial score (nSPS) is 12.0. The summed E-state index contributed by atoms with van der Waals surface area (Å²) in [5.74, 6) is 3.13. The second-order valence-corrected chi connectivity index (χ2v) is 7.25. The average molecular weight is 345 g/mol. The molecular weight excluding hydrogens is 328 g/mol. The third-order valence-corrected chi connectivity index (χ3v) is 4.96. The van der Waals surface area contributed by atoms with Crippen molar-refractivity contribution in [2.75, 3.05) is 12.3 Å². The summed E-state index contributed by atoms with van der Waals surface area (Å²) >= 11 is 7.06. The summed E-state index contributed by atoms with van der Waals surface area (Å²) in [7, 11) is -3.66. The third-order valence-electron chi connectivity index (χ3n) is 2.31. The van der Waals surface area contributed by atoms with Gasteiger partial charge in [-0.25, -0.2) is 8.42 Å². The van der Waals surface area contributed by atoms with E-state index in [-0.39, 0.29) is 4.90 Å². The van der Waals surface area contributed by atoms with Crippen LogP contribution in [-0.2, 0) is 10.0 Å². The number of nitrogens with one attached hydrogen (secondary N) is 1. The molecular formula is C14H17ClN2O2S2. The van der Waals surface area contributed by atoms with Gasteiger partial charge in [0.05, 0.1) is 4.90 Å². The van der Waals surface area contributed by atoms with Gasteiger partial charge in [-0.1, -0.05) is 30.3 Å². The Morgan fingerprint density at radius 1 is 1.43 bits per heavy atom. The average Bonchev–Trinajstić information content (AvgIpc) is 2.45. The molecule has 0 aliphatic rings. The summed E-state index contributed by atoms with van der Waals surface area (Å²) in [6.45, 7) is 2.53. The van der Waals surface area contributed by atoms with Crippen LogP contribution in [0, 0.1) is 12.3 Å². The molecule has 0 aliphatic carbocycles. The number of hydrogen-bond acceptors (Lipinski definition) is 4. The molecule has 0 fully saturated rings. The van der Waals surface area contributed by atoms with Crippen LogP contribution in [0.2, 0.25) is 5.02 Å². The molecule has 0 heterocycles. The van der Waals surface area contributed by atoms with Crippen LogP contribution in [-0.4, -0.2) is 25.9 Å². The number of rotatable bonds is 6. The molecule has 0 radical (unpaired) electrons. The maximum absolute atomic E-state index is 12.3. The zero-order valence-electron chi connectivity index (χ0n) is 11.7. The number of thioether (sulfide) groups is 1. The highest BCUT2D eigenvalue weighted by atomic mass is 35.5. The highest BCUT2D eigenvalue weighted by Crippen LogP contribution is 2.15. The molecule has 0 saturated heterocycles. The fourth-order valence-corrected chi connectivity index (χ4v) is 3.51. The van der Waals surface area contributed by atoms with E-state index in [1.165, 1.54) is 36.0 Å². The molecule has 1 aromatic rings. The highest BCUT2D eigenvalue weighted by Gasteiger charge is 2.16. The Balaban J connectivity index is 2.85. The second-order valence-electron chi connectivity index (χ2n) is 4.05.